The molecule has 1 saturated carbocycles. The number of hydrogen-bond acceptors (Lipinski definition) is 2. The second-order valence-corrected chi connectivity index (χ2v) is 4.68. The molecule has 3 rings (SSSR count). The highest BCUT2D eigenvalue weighted by molar-refractivity contribution is 5.94. The van der Waals surface area contributed by atoms with Crippen molar-refractivity contribution in [2.45, 2.75) is 25.8 Å². The average molecular weight is 241 g/mol. The van der Waals surface area contributed by atoms with Gasteiger partial charge in [0.05, 0.1) is 5.69 Å². The normalized spacial score (nSPS) is 14.5. The van der Waals surface area contributed by atoms with Crippen molar-refractivity contribution in [1.82, 2.24) is 15.1 Å². The van der Waals surface area contributed by atoms with E-state index in [4.69, 9.17) is 0 Å². The first-order valence-corrected chi connectivity index (χ1v) is 6.16. The second kappa shape index (κ2) is 4.29. The van der Waals surface area contributed by atoms with E-state index in [1.165, 1.54) is 0 Å². The van der Waals surface area contributed by atoms with E-state index in [0.717, 1.165) is 24.2 Å². The first-order chi connectivity index (χ1) is 8.74. The molecule has 0 unspecified atom stereocenters. The number of benzene rings is 1. The van der Waals surface area contributed by atoms with Crippen LogP contribution in [0.3, 0.4) is 0 Å². The van der Waals surface area contributed by atoms with Crippen LogP contribution in [0.2, 0.25) is 0 Å². The molecule has 2 aromatic rings. The molecule has 1 aromatic heterocycles. The maximum atomic E-state index is 11.8. The van der Waals surface area contributed by atoms with Crippen LogP contribution in [0.1, 0.15) is 28.9 Å². The van der Waals surface area contributed by atoms with E-state index >= 15 is 0 Å². The maximum absolute atomic E-state index is 11.8. The van der Waals surface area contributed by atoms with Gasteiger partial charge in [-0.3, -0.25) is 4.79 Å². The highest BCUT2D eigenvalue weighted by atomic mass is 16.1. The van der Waals surface area contributed by atoms with Crippen molar-refractivity contribution in [3.63, 3.8) is 0 Å². The molecule has 1 fully saturated rings. The van der Waals surface area contributed by atoms with Crippen molar-refractivity contribution < 1.29 is 4.79 Å². The van der Waals surface area contributed by atoms with Crippen LogP contribution < -0.4 is 5.32 Å². The van der Waals surface area contributed by atoms with Gasteiger partial charge in [-0.25, -0.2) is 4.68 Å². The number of carbonyl (C=O) groups excluding carboxylic acids is 1. The molecule has 0 bridgehead atoms. The summed E-state index contributed by atoms with van der Waals surface area (Å²) in [6, 6.07) is 9.87. The lowest BCUT2D eigenvalue weighted by atomic mass is 10.2. The summed E-state index contributed by atoms with van der Waals surface area (Å²) < 4.78 is 1.85. The van der Waals surface area contributed by atoms with Crippen molar-refractivity contribution in [2.75, 3.05) is 0 Å². The summed E-state index contributed by atoms with van der Waals surface area (Å²) in [5.74, 6) is 0.0150. The van der Waals surface area contributed by atoms with E-state index in [2.05, 4.69) is 10.4 Å². The summed E-state index contributed by atoms with van der Waals surface area (Å²) in [5, 5.41) is 7.21. The van der Waals surface area contributed by atoms with Crippen LogP contribution in [0.5, 0.6) is 0 Å². The molecule has 1 aliphatic carbocycles. The lowest BCUT2D eigenvalue weighted by Gasteiger charge is -2.06. The molecule has 1 N–H and O–H groups in total. The zero-order chi connectivity index (χ0) is 12.5. The summed E-state index contributed by atoms with van der Waals surface area (Å²) in [6.07, 6.45) is 3.98. The van der Waals surface area contributed by atoms with E-state index in [9.17, 15) is 4.79 Å². The fraction of sp³-hybridized carbons (Fsp3) is 0.286. The van der Waals surface area contributed by atoms with Crippen LogP contribution in [-0.4, -0.2) is 21.7 Å². The minimum absolute atomic E-state index is 0.0150. The van der Waals surface area contributed by atoms with Gasteiger partial charge in [0.15, 0.2) is 0 Å². The minimum atomic E-state index is 0.0150. The Bertz CT molecular complexity index is 567. The van der Waals surface area contributed by atoms with Crippen molar-refractivity contribution in [2.24, 2.45) is 0 Å². The zero-order valence-corrected chi connectivity index (χ0v) is 10.3. The molecule has 0 spiro atoms. The molecule has 18 heavy (non-hydrogen) atoms. The molecule has 0 radical (unpaired) electrons. The van der Waals surface area contributed by atoms with Crippen LogP contribution in [0.15, 0.2) is 36.5 Å². The van der Waals surface area contributed by atoms with Gasteiger partial charge in [0.25, 0.3) is 5.91 Å². The Morgan fingerprint density at radius 1 is 1.28 bits per heavy atom. The van der Waals surface area contributed by atoms with E-state index in [0.29, 0.717) is 11.6 Å². The van der Waals surface area contributed by atoms with Gasteiger partial charge in [-0.05, 0) is 50.1 Å². The maximum Gasteiger partial charge on any atom is 0.251 e. The SMILES string of the molecule is Cc1ccnn1-c1ccc(C(=O)NC2CC2)cc1. The molecular formula is C14H15N3O. The third-order valence-electron chi connectivity index (χ3n) is 3.12. The third kappa shape index (κ3) is 2.14. The molecule has 1 heterocycles. The quantitative estimate of drug-likeness (QED) is 0.894. The van der Waals surface area contributed by atoms with Crippen molar-refractivity contribution in [3.05, 3.63) is 47.8 Å². The Kier molecular flexibility index (Phi) is 2.63. The monoisotopic (exact) mass is 241 g/mol. The first-order valence-electron chi connectivity index (χ1n) is 6.16. The molecule has 1 aliphatic rings. The summed E-state index contributed by atoms with van der Waals surface area (Å²) in [7, 11) is 0. The highest BCUT2D eigenvalue weighted by Gasteiger charge is 2.23. The summed E-state index contributed by atoms with van der Waals surface area (Å²) in [5.41, 5.74) is 2.75. The van der Waals surface area contributed by atoms with E-state index in [1.807, 2.05) is 41.9 Å². The molecular weight excluding hydrogens is 226 g/mol. The van der Waals surface area contributed by atoms with Gasteiger partial charge in [-0.1, -0.05) is 0 Å². The lowest BCUT2D eigenvalue weighted by Crippen LogP contribution is -2.25. The molecule has 4 nitrogen and oxygen atoms in total. The molecule has 4 heteroatoms. The van der Waals surface area contributed by atoms with Crippen LogP contribution in [-0.2, 0) is 0 Å². The molecule has 0 saturated heterocycles. The van der Waals surface area contributed by atoms with E-state index in [-0.39, 0.29) is 5.91 Å². The Morgan fingerprint density at radius 2 is 2.00 bits per heavy atom. The van der Waals surface area contributed by atoms with Crippen LogP contribution >= 0.6 is 0 Å². The largest absolute Gasteiger partial charge is 0.349 e. The number of nitrogens with zero attached hydrogens (tertiary/aromatic N) is 2. The number of hydrogen-bond donors (Lipinski definition) is 1. The topological polar surface area (TPSA) is 46.9 Å². The van der Waals surface area contributed by atoms with Crippen molar-refractivity contribution in [1.29, 1.82) is 0 Å². The Hall–Kier alpha value is -2.10. The summed E-state index contributed by atoms with van der Waals surface area (Å²) in [6.45, 7) is 2.00. The van der Waals surface area contributed by atoms with Crippen molar-refractivity contribution in [3.8, 4) is 5.69 Å². The second-order valence-electron chi connectivity index (χ2n) is 4.68. The number of aryl methyl sites for hydroxylation is 1. The fourth-order valence-electron chi connectivity index (χ4n) is 1.89. The number of nitrogens with one attached hydrogen (secondary N) is 1. The van der Waals surface area contributed by atoms with Crippen molar-refractivity contribution >= 4 is 5.91 Å². The highest BCUT2D eigenvalue weighted by Crippen LogP contribution is 2.19. The van der Waals surface area contributed by atoms with Crippen LogP contribution in [0, 0.1) is 6.92 Å². The lowest BCUT2D eigenvalue weighted by molar-refractivity contribution is 0.0951. The molecule has 1 aromatic carbocycles. The van der Waals surface area contributed by atoms with Crippen LogP contribution in [0.4, 0.5) is 0 Å². The summed E-state index contributed by atoms with van der Waals surface area (Å²) in [4.78, 5) is 11.8. The third-order valence-corrected chi connectivity index (χ3v) is 3.12. The van der Waals surface area contributed by atoms with Crippen LogP contribution in [0.25, 0.3) is 5.69 Å². The van der Waals surface area contributed by atoms with Gasteiger partial charge < -0.3 is 5.32 Å². The number of rotatable bonds is 3. The van der Waals surface area contributed by atoms with Gasteiger partial charge in [0, 0.05) is 23.5 Å². The minimum Gasteiger partial charge on any atom is -0.349 e. The Morgan fingerprint density at radius 3 is 2.56 bits per heavy atom. The Balaban J connectivity index is 1.80. The smallest absolute Gasteiger partial charge is 0.251 e. The van der Waals surface area contributed by atoms with E-state index in [1.54, 1.807) is 6.20 Å². The summed E-state index contributed by atoms with van der Waals surface area (Å²) >= 11 is 0. The fourth-order valence-corrected chi connectivity index (χ4v) is 1.89. The number of aromatic nitrogens is 2. The van der Waals surface area contributed by atoms with Gasteiger partial charge in [0.2, 0.25) is 0 Å². The first kappa shape index (κ1) is 11.0. The molecule has 0 atom stereocenters. The average Bonchev–Trinajstić information content (AvgIpc) is 3.09. The number of carbonyl (C=O) groups is 1. The molecule has 1 amide bonds. The molecule has 92 valence electrons. The Labute approximate surface area is 106 Å². The molecule has 0 aliphatic heterocycles. The van der Waals surface area contributed by atoms with Gasteiger partial charge in [0.1, 0.15) is 0 Å². The van der Waals surface area contributed by atoms with Gasteiger partial charge in [-0.2, -0.15) is 5.10 Å². The van der Waals surface area contributed by atoms with Gasteiger partial charge in [-0.15, -0.1) is 0 Å². The predicted molar refractivity (Wildman–Crippen MR) is 68.8 cm³/mol. The van der Waals surface area contributed by atoms with Gasteiger partial charge >= 0.3 is 0 Å². The predicted octanol–water partition coefficient (Wildman–Crippen LogP) is 2.07. The standard InChI is InChI=1S/C14H15N3O/c1-10-8-9-15-17(10)13-6-2-11(3-7-13)14(18)16-12-4-5-12/h2-3,6-9,12H,4-5H2,1H3,(H,16,18). The zero-order valence-electron chi connectivity index (χ0n) is 10.3. The number of amides is 1. The van der Waals surface area contributed by atoms with E-state index < -0.39 is 0 Å².